The first-order valence-electron chi connectivity index (χ1n) is 12.3. The highest BCUT2D eigenvalue weighted by molar-refractivity contribution is 5.80. The molecule has 2 saturated heterocycles. The monoisotopic (exact) mass is 473 g/mol. The van der Waals surface area contributed by atoms with Crippen LogP contribution in [0.4, 0.5) is 14.6 Å². The van der Waals surface area contributed by atoms with Crippen molar-refractivity contribution in [3.63, 3.8) is 0 Å². The third kappa shape index (κ3) is 4.68. The van der Waals surface area contributed by atoms with Gasteiger partial charge in [-0.1, -0.05) is 12.1 Å². The minimum absolute atomic E-state index is 0.0798. The molecule has 1 N–H and O–H groups in total. The zero-order chi connectivity index (χ0) is 23.7. The Hall–Kier alpha value is -2.52. The molecule has 5 rings (SSSR count). The van der Waals surface area contributed by atoms with Crippen LogP contribution in [0.5, 0.6) is 0 Å². The van der Waals surface area contributed by atoms with Crippen LogP contribution in [-0.2, 0) is 16.1 Å². The molecule has 0 bridgehead atoms. The summed E-state index contributed by atoms with van der Waals surface area (Å²) in [5, 5.41) is 3.54. The molecule has 7 nitrogen and oxygen atoms in total. The lowest BCUT2D eigenvalue weighted by molar-refractivity contribution is -0.139. The van der Waals surface area contributed by atoms with Crippen molar-refractivity contribution in [3.8, 4) is 0 Å². The molecule has 0 spiro atoms. The number of halogens is 2. The maximum absolute atomic E-state index is 13.9. The molecule has 2 fully saturated rings. The van der Waals surface area contributed by atoms with Crippen LogP contribution in [-0.4, -0.2) is 89.5 Å². The van der Waals surface area contributed by atoms with Crippen molar-refractivity contribution in [3.05, 3.63) is 47.8 Å². The van der Waals surface area contributed by atoms with E-state index in [9.17, 15) is 13.6 Å². The molecular formula is C25H33F2N5O2. The molecule has 3 unspecified atom stereocenters. The molecule has 1 amide bonds. The second-order valence-electron chi connectivity index (χ2n) is 9.57. The SMILES string of the molecule is CC(C(F)F)N1CCC(C(=O)N2Cc3cccnc3NC3C=CC(N4CCOCC4)=CC32)CC1. The van der Waals surface area contributed by atoms with Crippen molar-refractivity contribution in [1.29, 1.82) is 0 Å². The summed E-state index contributed by atoms with van der Waals surface area (Å²) in [4.78, 5) is 24.5. The Kier molecular flexibility index (Phi) is 6.83. The van der Waals surface area contributed by atoms with Gasteiger partial charge < -0.3 is 19.9 Å². The van der Waals surface area contributed by atoms with Gasteiger partial charge in [-0.25, -0.2) is 13.8 Å². The van der Waals surface area contributed by atoms with E-state index in [0.717, 1.165) is 30.2 Å². The fraction of sp³-hybridized carbons (Fsp3) is 0.600. The molecule has 1 aliphatic carbocycles. The standard InChI is InChI=1S/C25H33F2N5O2/c1-17(23(26)27)30-9-6-18(7-10-30)25(33)32-16-19-3-2-8-28-24(19)29-21-5-4-20(15-22(21)32)31-11-13-34-14-12-31/h2-5,8,15,17-18,21-23H,6-7,9-14,16H2,1H3,(H,28,29). The Labute approximate surface area is 199 Å². The maximum Gasteiger partial charge on any atom is 0.253 e. The van der Waals surface area contributed by atoms with Gasteiger partial charge in [-0.05, 0) is 51.1 Å². The summed E-state index contributed by atoms with van der Waals surface area (Å²) < 4.78 is 31.8. The molecular weight excluding hydrogens is 440 g/mol. The Morgan fingerprint density at radius 3 is 2.71 bits per heavy atom. The number of carbonyl (C=O) groups excluding carboxylic acids is 1. The summed E-state index contributed by atoms with van der Waals surface area (Å²) in [6.07, 6.45) is 7.05. The number of hydrogen-bond acceptors (Lipinski definition) is 6. The summed E-state index contributed by atoms with van der Waals surface area (Å²) in [6.45, 7) is 6.15. The lowest BCUT2D eigenvalue weighted by Crippen LogP contribution is -2.52. The first-order chi connectivity index (χ1) is 16.5. The number of anilines is 1. The summed E-state index contributed by atoms with van der Waals surface area (Å²) in [6, 6.07) is 2.90. The molecule has 184 valence electrons. The number of ether oxygens (including phenoxy) is 1. The van der Waals surface area contributed by atoms with Gasteiger partial charge in [-0.3, -0.25) is 9.69 Å². The molecule has 1 aromatic rings. The van der Waals surface area contributed by atoms with Crippen molar-refractivity contribution in [2.45, 2.75) is 50.9 Å². The molecule has 9 heteroatoms. The van der Waals surface area contributed by atoms with Gasteiger partial charge in [-0.15, -0.1) is 0 Å². The van der Waals surface area contributed by atoms with E-state index in [4.69, 9.17) is 4.74 Å². The lowest BCUT2D eigenvalue weighted by Gasteiger charge is -2.41. The van der Waals surface area contributed by atoms with Gasteiger partial charge in [0.25, 0.3) is 6.43 Å². The predicted octanol–water partition coefficient (Wildman–Crippen LogP) is 2.72. The highest BCUT2D eigenvalue weighted by atomic mass is 19.3. The molecule has 0 aromatic carbocycles. The zero-order valence-corrected chi connectivity index (χ0v) is 19.6. The van der Waals surface area contributed by atoms with Crippen LogP contribution in [0.3, 0.4) is 0 Å². The van der Waals surface area contributed by atoms with Gasteiger partial charge in [0, 0.05) is 43.0 Å². The average Bonchev–Trinajstić information content (AvgIpc) is 3.04. The van der Waals surface area contributed by atoms with Crippen LogP contribution in [0.15, 0.2) is 42.3 Å². The van der Waals surface area contributed by atoms with Gasteiger partial charge in [0.2, 0.25) is 5.91 Å². The van der Waals surface area contributed by atoms with Crippen molar-refractivity contribution in [1.82, 2.24) is 19.7 Å². The fourth-order valence-corrected chi connectivity index (χ4v) is 5.42. The van der Waals surface area contributed by atoms with Crippen LogP contribution in [0.1, 0.15) is 25.3 Å². The number of allylic oxidation sites excluding steroid dienone is 1. The number of aromatic nitrogens is 1. The van der Waals surface area contributed by atoms with E-state index in [-0.39, 0.29) is 23.9 Å². The molecule has 4 aliphatic rings. The second kappa shape index (κ2) is 10.00. The van der Waals surface area contributed by atoms with Crippen LogP contribution < -0.4 is 5.32 Å². The van der Waals surface area contributed by atoms with Gasteiger partial charge in [0.1, 0.15) is 5.82 Å². The number of amides is 1. The predicted molar refractivity (Wildman–Crippen MR) is 125 cm³/mol. The maximum atomic E-state index is 13.9. The Bertz CT molecular complexity index is 941. The first kappa shape index (κ1) is 23.2. The molecule has 3 aliphatic heterocycles. The van der Waals surface area contributed by atoms with Gasteiger partial charge in [0.15, 0.2) is 0 Å². The normalized spacial score (nSPS) is 26.9. The molecule has 1 aromatic heterocycles. The van der Waals surface area contributed by atoms with E-state index < -0.39 is 12.5 Å². The lowest BCUT2D eigenvalue weighted by atomic mass is 9.92. The Morgan fingerprint density at radius 2 is 1.97 bits per heavy atom. The number of carbonyl (C=O) groups is 1. The highest BCUT2D eigenvalue weighted by Crippen LogP contribution is 2.32. The van der Waals surface area contributed by atoms with Gasteiger partial charge >= 0.3 is 0 Å². The number of pyridine rings is 1. The molecule has 3 atom stereocenters. The third-order valence-electron chi connectivity index (χ3n) is 7.56. The van der Waals surface area contributed by atoms with E-state index in [1.807, 2.05) is 17.0 Å². The number of piperidine rings is 1. The molecule has 0 saturated carbocycles. The Balaban J connectivity index is 1.38. The van der Waals surface area contributed by atoms with E-state index in [2.05, 4.69) is 33.4 Å². The van der Waals surface area contributed by atoms with E-state index in [1.165, 1.54) is 0 Å². The van der Waals surface area contributed by atoms with Gasteiger partial charge in [0.05, 0.1) is 31.3 Å². The fourth-order valence-electron chi connectivity index (χ4n) is 5.42. The molecule has 4 heterocycles. The number of nitrogens with zero attached hydrogens (tertiary/aromatic N) is 4. The largest absolute Gasteiger partial charge is 0.378 e. The number of likely N-dealkylation sites (tertiary alicyclic amines) is 1. The van der Waals surface area contributed by atoms with E-state index in [0.29, 0.717) is 45.7 Å². The number of fused-ring (bicyclic) bond motifs is 2. The van der Waals surface area contributed by atoms with E-state index >= 15 is 0 Å². The molecule has 34 heavy (non-hydrogen) atoms. The Morgan fingerprint density at radius 1 is 1.21 bits per heavy atom. The number of nitrogens with one attached hydrogen (secondary N) is 1. The summed E-state index contributed by atoms with van der Waals surface area (Å²) >= 11 is 0. The van der Waals surface area contributed by atoms with E-state index in [1.54, 1.807) is 18.0 Å². The number of hydrogen-bond donors (Lipinski definition) is 1. The first-order valence-corrected chi connectivity index (χ1v) is 12.3. The summed E-state index contributed by atoms with van der Waals surface area (Å²) in [5.41, 5.74) is 2.10. The zero-order valence-electron chi connectivity index (χ0n) is 19.6. The second-order valence-corrected chi connectivity index (χ2v) is 9.57. The van der Waals surface area contributed by atoms with Crippen molar-refractivity contribution in [2.24, 2.45) is 5.92 Å². The van der Waals surface area contributed by atoms with Crippen LogP contribution in [0, 0.1) is 5.92 Å². The van der Waals surface area contributed by atoms with Crippen molar-refractivity contribution >= 4 is 11.7 Å². The number of morpholine rings is 1. The third-order valence-corrected chi connectivity index (χ3v) is 7.56. The van der Waals surface area contributed by atoms with Crippen LogP contribution >= 0.6 is 0 Å². The average molecular weight is 474 g/mol. The highest BCUT2D eigenvalue weighted by Gasteiger charge is 2.39. The van der Waals surface area contributed by atoms with Gasteiger partial charge in [-0.2, -0.15) is 0 Å². The smallest absolute Gasteiger partial charge is 0.253 e. The van der Waals surface area contributed by atoms with Crippen molar-refractivity contribution in [2.75, 3.05) is 44.7 Å². The van der Waals surface area contributed by atoms with Crippen LogP contribution in [0.25, 0.3) is 0 Å². The minimum Gasteiger partial charge on any atom is -0.378 e. The minimum atomic E-state index is -2.37. The van der Waals surface area contributed by atoms with Crippen molar-refractivity contribution < 1.29 is 18.3 Å². The molecule has 0 radical (unpaired) electrons. The number of rotatable bonds is 4. The number of alkyl halides is 2. The summed E-state index contributed by atoms with van der Waals surface area (Å²) in [5.74, 6) is 0.748. The van der Waals surface area contributed by atoms with Crippen LogP contribution in [0.2, 0.25) is 0 Å². The quantitative estimate of drug-likeness (QED) is 0.726. The topological polar surface area (TPSA) is 60.9 Å². The summed E-state index contributed by atoms with van der Waals surface area (Å²) in [7, 11) is 0.